The molecule has 5 nitrogen and oxygen atoms in total. The van der Waals surface area contributed by atoms with Crippen molar-refractivity contribution >= 4 is 23.1 Å². The third kappa shape index (κ3) is 4.12. The molecule has 3 aromatic rings. The maximum atomic E-state index is 4.53. The minimum atomic E-state index is 0.410. The van der Waals surface area contributed by atoms with Crippen LogP contribution in [0.5, 0.6) is 0 Å². The van der Waals surface area contributed by atoms with Gasteiger partial charge in [-0.1, -0.05) is 49.7 Å². The molecule has 0 fully saturated rings. The number of para-hydroxylation sites is 1. The van der Waals surface area contributed by atoms with Crippen LogP contribution in [0.25, 0.3) is 0 Å². The smallest absolute Gasteiger partial charge is 0.249 e. The van der Waals surface area contributed by atoms with Gasteiger partial charge in [0.2, 0.25) is 5.95 Å². The molecule has 0 atom stereocenters. The molecule has 3 rings (SSSR count). The number of benzene rings is 2. The number of nitrogens with one attached hydrogen (secondary N) is 2. The summed E-state index contributed by atoms with van der Waals surface area (Å²) in [4.78, 5) is 4.53. The van der Waals surface area contributed by atoms with Crippen LogP contribution in [0.2, 0.25) is 0 Å². The lowest BCUT2D eigenvalue weighted by molar-refractivity contribution is 0.867. The second kappa shape index (κ2) is 7.30. The minimum Gasteiger partial charge on any atom is -0.339 e. The van der Waals surface area contributed by atoms with E-state index in [2.05, 4.69) is 71.7 Å². The van der Waals surface area contributed by atoms with E-state index in [9.17, 15) is 0 Å². The minimum absolute atomic E-state index is 0.410. The Balaban J connectivity index is 1.82. The van der Waals surface area contributed by atoms with Gasteiger partial charge in [0, 0.05) is 11.4 Å². The standard InChI is InChI=1S/C20H23N5/c1-13(2)16-7-5-6-8-18(16)23-20-24-19(12-21-25-20)22-17-10-9-14(3)11-15(17)4/h5-13H,1-4H3,(H2,22,23,24,25). The van der Waals surface area contributed by atoms with E-state index in [1.807, 2.05) is 24.3 Å². The summed E-state index contributed by atoms with van der Waals surface area (Å²) in [5.41, 5.74) is 5.64. The van der Waals surface area contributed by atoms with Gasteiger partial charge in [0.25, 0.3) is 0 Å². The summed E-state index contributed by atoms with van der Waals surface area (Å²) >= 11 is 0. The maximum absolute atomic E-state index is 4.53. The molecule has 0 bridgehead atoms. The van der Waals surface area contributed by atoms with Crippen LogP contribution in [0, 0.1) is 13.8 Å². The van der Waals surface area contributed by atoms with Gasteiger partial charge >= 0.3 is 0 Å². The van der Waals surface area contributed by atoms with Crippen molar-refractivity contribution in [2.45, 2.75) is 33.6 Å². The van der Waals surface area contributed by atoms with E-state index in [1.54, 1.807) is 6.20 Å². The SMILES string of the molecule is Cc1ccc(Nc2cnnc(Nc3ccccc3C(C)C)n2)c(C)c1. The zero-order valence-electron chi connectivity index (χ0n) is 15.0. The highest BCUT2D eigenvalue weighted by atomic mass is 15.3. The Kier molecular flexibility index (Phi) is 4.93. The lowest BCUT2D eigenvalue weighted by Crippen LogP contribution is -2.05. The topological polar surface area (TPSA) is 62.7 Å². The Morgan fingerprint density at radius 2 is 1.72 bits per heavy atom. The fourth-order valence-electron chi connectivity index (χ4n) is 2.74. The first-order chi connectivity index (χ1) is 12.0. The second-order valence-corrected chi connectivity index (χ2v) is 6.48. The van der Waals surface area contributed by atoms with E-state index >= 15 is 0 Å². The van der Waals surface area contributed by atoms with Crippen molar-refractivity contribution in [2.75, 3.05) is 10.6 Å². The largest absolute Gasteiger partial charge is 0.339 e. The van der Waals surface area contributed by atoms with Gasteiger partial charge in [0.1, 0.15) is 0 Å². The van der Waals surface area contributed by atoms with E-state index in [-0.39, 0.29) is 0 Å². The molecule has 25 heavy (non-hydrogen) atoms. The van der Waals surface area contributed by atoms with Crippen LogP contribution in [0.4, 0.5) is 23.1 Å². The summed E-state index contributed by atoms with van der Waals surface area (Å²) in [6, 6.07) is 14.4. The van der Waals surface area contributed by atoms with E-state index in [1.165, 1.54) is 16.7 Å². The summed E-state index contributed by atoms with van der Waals surface area (Å²) in [6.07, 6.45) is 1.62. The van der Waals surface area contributed by atoms with Crippen LogP contribution >= 0.6 is 0 Å². The van der Waals surface area contributed by atoms with Gasteiger partial charge in [0.05, 0.1) is 6.20 Å². The fraction of sp³-hybridized carbons (Fsp3) is 0.250. The molecule has 0 unspecified atom stereocenters. The Morgan fingerprint density at radius 3 is 2.48 bits per heavy atom. The molecule has 0 radical (unpaired) electrons. The van der Waals surface area contributed by atoms with Crippen LogP contribution < -0.4 is 10.6 Å². The van der Waals surface area contributed by atoms with Gasteiger partial charge in [-0.25, -0.2) is 0 Å². The van der Waals surface area contributed by atoms with Crippen molar-refractivity contribution in [3.63, 3.8) is 0 Å². The molecular formula is C20H23N5. The van der Waals surface area contributed by atoms with Gasteiger partial charge in [-0.15, -0.1) is 5.10 Å². The van der Waals surface area contributed by atoms with Crippen LogP contribution in [0.1, 0.15) is 36.5 Å². The molecule has 0 aliphatic carbocycles. The molecule has 2 N–H and O–H groups in total. The maximum Gasteiger partial charge on any atom is 0.249 e. The van der Waals surface area contributed by atoms with E-state index in [0.29, 0.717) is 17.7 Å². The Labute approximate surface area is 148 Å². The quantitative estimate of drug-likeness (QED) is 0.680. The number of aryl methyl sites for hydroxylation is 2. The molecule has 0 aliphatic heterocycles. The molecule has 0 saturated heterocycles. The zero-order valence-corrected chi connectivity index (χ0v) is 15.0. The lowest BCUT2D eigenvalue weighted by Gasteiger charge is -2.14. The number of rotatable bonds is 5. The number of hydrogen-bond donors (Lipinski definition) is 2. The second-order valence-electron chi connectivity index (χ2n) is 6.48. The summed E-state index contributed by atoms with van der Waals surface area (Å²) < 4.78 is 0. The van der Waals surface area contributed by atoms with Gasteiger partial charge in [0.15, 0.2) is 5.82 Å². The molecule has 0 amide bonds. The first kappa shape index (κ1) is 16.9. The summed E-state index contributed by atoms with van der Waals surface area (Å²) in [7, 11) is 0. The van der Waals surface area contributed by atoms with Crippen molar-refractivity contribution in [3.8, 4) is 0 Å². The molecule has 0 aliphatic rings. The average molecular weight is 333 g/mol. The van der Waals surface area contributed by atoms with E-state index in [4.69, 9.17) is 0 Å². The third-order valence-corrected chi connectivity index (χ3v) is 4.03. The van der Waals surface area contributed by atoms with Crippen molar-refractivity contribution in [1.82, 2.24) is 15.2 Å². The van der Waals surface area contributed by atoms with E-state index < -0.39 is 0 Å². The normalized spacial score (nSPS) is 10.8. The highest BCUT2D eigenvalue weighted by molar-refractivity contribution is 5.63. The molecule has 0 saturated carbocycles. The number of nitrogens with zero attached hydrogens (tertiary/aromatic N) is 3. The first-order valence-corrected chi connectivity index (χ1v) is 8.43. The van der Waals surface area contributed by atoms with Crippen molar-refractivity contribution in [3.05, 3.63) is 65.4 Å². The predicted octanol–water partition coefficient (Wildman–Crippen LogP) is 5.10. The van der Waals surface area contributed by atoms with Gasteiger partial charge < -0.3 is 10.6 Å². The fourth-order valence-corrected chi connectivity index (χ4v) is 2.74. The predicted molar refractivity (Wildman–Crippen MR) is 103 cm³/mol. The van der Waals surface area contributed by atoms with Crippen LogP contribution in [0.3, 0.4) is 0 Å². The lowest BCUT2D eigenvalue weighted by atomic mass is 10.0. The molecule has 2 aromatic carbocycles. The zero-order chi connectivity index (χ0) is 17.8. The van der Waals surface area contributed by atoms with Crippen LogP contribution in [0.15, 0.2) is 48.7 Å². The van der Waals surface area contributed by atoms with Crippen LogP contribution in [-0.4, -0.2) is 15.2 Å². The van der Waals surface area contributed by atoms with Gasteiger partial charge in [-0.05, 0) is 43.0 Å². The highest BCUT2D eigenvalue weighted by Crippen LogP contribution is 2.26. The molecule has 128 valence electrons. The van der Waals surface area contributed by atoms with Crippen molar-refractivity contribution < 1.29 is 0 Å². The van der Waals surface area contributed by atoms with Crippen LogP contribution in [-0.2, 0) is 0 Å². The van der Waals surface area contributed by atoms with Crippen molar-refractivity contribution in [1.29, 1.82) is 0 Å². The Morgan fingerprint density at radius 1 is 0.920 bits per heavy atom. The Hall–Kier alpha value is -2.95. The average Bonchev–Trinajstić information content (AvgIpc) is 2.58. The first-order valence-electron chi connectivity index (χ1n) is 8.43. The summed E-state index contributed by atoms with van der Waals surface area (Å²) in [5.74, 6) is 1.54. The molecule has 1 aromatic heterocycles. The van der Waals surface area contributed by atoms with E-state index in [0.717, 1.165) is 11.4 Å². The molecular weight excluding hydrogens is 310 g/mol. The van der Waals surface area contributed by atoms with Crippen molar-refractivity contribution in [2.24, 2.45) is 0 Å². The summed E-state index contributed by atoms with van der Waals surface area (Å²) in [6.45, 7) is 8.48. The number of hydrogen-bond acceptors (Lipinski definition) is 5. The highest BCUT2D eigenvalue weighted by Gasteiger charge is 2.08. The van der Waals surface area contributed by atoms with Gasteiger partial charge in [-0.2, -0.15) is 10.1 Å². The van der Waals surface area contributed by atoms with Gasteiger partial charge in [-0.3, -0.25) is 0 Å². The molecule has 0 spiro atoms. The summed E-state index contributed by atoms with van der Waals surface area (Å²) in [5, 5.41) is 14.8. The number of aromatic nitrogens is 3. The Bertz CT molecular complexity index is 873. The third-order valence-electron chi connectivity index (χ3n) is 4.03. The molecule has 1 heterocycles. The molecule has 5 heteroatoms. The monoisotopic (exact) mass is 333 g/mol. The number of anilines is 4.